The zero-order valence-electron chi connectivity index (χ0n) is 23.5. The molecule has 40 heavy (non-hydrogen) atoms. The minimum Gasteiger partial charge on any atom is -0.489 e. The highest BCUT2D eigenvalue weighted by Gasteiger charge is 2.26. The summed E-state index contributed by atoms with van der Waals surface area (Å²) in [7, 11) is 0. The van der Waals surface area contributed by atoms with Gasteiger partial charge in [0.15, 0.2) is 0 Å². The molecule has 216 valence electrons. The van der Waals surface area contributed by atoms with E-state index in [1.54, 1.807) is 0 Å². The number of carbonyl (C=O) groups excluding carboxylic acids is 3. The highest BCUT2D eigenvalue weighted by Crippen LogP contribution is 2.17. The van der Waals surface area contributed by atoms with Crippen LogP contribution in [0.3, 0.4) is 0 Å². The van der Waals surface area contributed by atoms with Gasteiger partial charge in [-0.15, -0.1) is 0 Å². The highest BCUT2D eigenvalue weighted by molar-refractivity contribution is 5.86. The average molecular weight is 551 g/mol. The summed E-state index contributed by atoms with van der Waals surface area (Å²) in [4.78, 5) is 38.1. The lowest BCUT2D eigenvalue weighted by Gasteiger charge is -2.25. The number of rotatable bonds is 10. The summed E-state index contributed by atoms with van der Waals surface area (Å²) in [6.07, 6.45) is 6.39. The molecule has 0 spiro atoms. The molecule has 3 N–H and O–H groups in total. The molecule has 3 rings (SSSR count). The van der Waals surface area contributed by atoms with Gasteiger partial charge in [-0.1, -0.05) is 68.5 Å². The van der Waals surface area contributed by atoms with Crippen LogP contribution in [-0.2, 0) is 32.1 Å². The number of aliphatic hydroxyl groups is 1. The number of ether oxygens (including phenoxy) is 2. The third-order valence-electron chi connectivity index (χ3n) is 6.94. The molecule has 1 heterocycles. The lowest BCUT2D eigenvalue weighted by Crippen LogP contribution is -2.46. The van der Waals surface area contributed by atoms with Gasteiger partial charge in [0.2, 0.25) is 11.8 Å². The number of aliphatic hydroxyl groups excluding tert-OH is 1. The van der Waals surface area contributed by atoms with Crippen LogP contribution in [0.15, 0.2) is 66.7 Å². The summed E-state index contributed by atoms with van der Waals surface area (Å²) in [6.45, 7) is 4.26. The summed E-state index contributed by atoms with van der Waals surface area (Å²) in [5.74, 6) is -0.598. The van der Waals surface area contributed by atoms with Gasteiger partial charge < -0.3 is 25.2 Å². The van der Waals surface area contributed by atoms with Gasteiger partial charge in [0.25, 0.3) is 0 Å². The van der Waals surface area contributed by atoms with Crippen molar-refractivity contribution in [3.8, 4) is 5.75 Å². The van der Waals surface area contributed by atoms with Gasteiger partial charge in [0.05, 0.1) is 24.6 Å². The van der Waals surface area contributed by atoms with Crippen LogP contribution in [0.5, 0.6) is 5.75 Å². The van der Waals surface area contributed by atoms with Gasteiger partial charge in [-0.25, -0.2) is 0 Å². The van der Waals surface area contributed by atoms with Crippen molar-refractivity contribution < 1.29 is 29.0 Å². The SMILES string of the molecule is CC(C)[C@H]1COC(=O)CCCC=CC[C@H](CC(=O)N[C@H](CO)Cc2ccc(OCc3ccccc3)cc2)C(=O)N1. The molecule has 0 saturated carbocycles. The molecule has 0 aromatic heterocycles. The smallest absolute Gasteiger partial charge is 0.305 e. The molecule has 0 bridgehead atoms. The molecular formula is C32H42N2O6. The van der Waals surface area contributed by atoms with Gasteiger partial charge in [-0.2, -0.15) is 0 Å². The van der Waals surface area contributed by atoms with Crippen molar-refractivity contribution in [2.24, 2.45) is 11.8 Å². The number of benzene rings is 2. The maximum atomic E-state index is 13.1. The van der Waals surface area contributed by atoms with E-state index in [2.05, 4.69) is 10.6 Å². The standard InChI is InChI=1S/C32H42N2O6/c1-23(2)29-22-40-31(37)13-9-4-3-8-12-26(32(38)34-29)19-30(36)33-27(20-35)18-24-14-16-28(17-15-24)39-21-25-10-6-5-7-11-25/h3,5-8,10-11,14-17,23,26-27,29,35H,4,9,12-13,18-22H2,1-2H3,(H,33,36)(H,34,38)/t26-,27+,29-/m1/s1. The summed E-state index contributed by atoms with van der Waals surface area (Å²) < 4.78 is 11.2. The Bertz CT molecular complexity index is 1100. The predicted molar refractivity (Wildman–Crippen MR) is 153 cm³/mol. The van der Waals surface area contributed by atoms with Gasteiger partial charge in [0.1, 0.15) is 19.0 Å². The molecule has 0 unspecified atom stereocenters. The maximum absolute atomic E-state index is 13.1. The van der Waals surface area contributed by atoms with Crippen molar-refractivity contribution >= 4 is 17.8 Å². The third kappa shape index (κ3) is 10.8. The Morgan fingerprint density at radius 2 is 1.82 bits per heavy atom. The first-order chi connectivity index (χ1) is 19.3. The van der Waals surface area contributed by atoms with Crippen LogP contribution in [0.1, 0.15) is 57.1 Å². The molecule has 1 aliphatic rings. The first-order valence-electron chi connectivity index (χ1n) is 14.1. The van der Waals surface area contributed by atoms with Gasteiger partial charge >= 0.3 is 5.97 Å². The van der Waals surface area contributed by atoms with Crippen LogP contribution in [0, 0.1) is 11.8 Å². The molecular weight excluding hydrogens is 508 g/mol. The van der Waals surface area contributed by atoms with E-state index in [0.29, 0.717) is 38.7 Å². The van der Waals surface area contributed by atoms with Crippen LogP contribution in [0.25, 0.3) is 0 Å². The molecule has 0 fully saturated rings. The second-order valence-corrected chi connectivity index (χ2v) is 10.6. The fourth-order valence-corrected chi connectivity index (χ4v) is 4.40. The summed E-state index contributed by atoms with van der Waals surface area (Å²) in [6, 6.07) is 16.7. The molecule has 8 heteroatoms. The molecule has 0 radical (unpaired) electrons. The summed E-state index contributed by atoms with van der Waals surface area (Å²) in [5, 5.41) is 15.8. The Morgan fingerprint density at radius 1 is 1.07 bits per heavy atom. The molecule has 1 aliphatic heterocycles. The first-order valence-corrected chi connectivity index (χ1v) is 14.1. The van der Waals surface area contributed by atoms with Gasteiger partial charge in [-0.05, 0) is 54.9 Å². The third-order valence-corrected chi connectivity index (χ3v) is 6.94. The molecule has 0 saturated heterocycles. The average Bonchev–Trinajstić information content (AvgIpc) is 2.96. The molecule has 8 nitrogen and oxygen atoms in total. The van der Waals surface area contributed by atoms with E-state index in [1.807, 2.05) is 80.6 Å². The van der Waals surface area contributed by atoms with E-state index in [9.17, 15) is 19.5 Å². The minimum atomic E-state index is -0.575. The van der Waals surface area contributed by atoms with Crippen LogP contribution in [0.2, 0.25) is 0 Å². The number of hydrogen-bond donors (Lipinski definition) is 3. The van der Waals surface area contributed by atoms with E-state index in [1.165, 1.54) is 0 Å². The Labute approximate surface area is 237 Å². The van der Waals surface area contributed by atoms with Crippen LogP contribution in [0.4, 0.5) is 0 Å². The van der Waals surface area contributed by atoms with E-state index >= 15 is 0 Å². The Hall–Kier alpha value is -3.65. The fraction of sp³-hybridized carbons (Fsp3) is 0.469. The number of carbonyl (C=O) groups is 3. The lowest BCUT2D eigenvalue weighted by molar-refractivity contribution is -0.145. The van der Waals surface area contributed by atoms with Gasteiger partial charge in [0, 0.05) is 12.8 Å². The largest absolute Gasteiger partial charge is 0.489 e. The van der Waals surface area contributed by atoms with E-state index in [-0.39, 0.29) is 49.4 Å². The normalized spacial score (nSPS) is 19.4. The monoisotopic (exact) mass is 550 g/mol. The lowest BCUT2D eigenvalue weighted by atomic mass is 9.96. The van der Waals surface area contributed by atoms with Crippen molar-refractivity contribution in [1.29, 1.82) is 0 Å². The Morgan fingerprint density at radius 3 is 2.52 bits per heavy atom. The molecule has 0 aliphatic carbocycles. The number of hydrogen-bond acceptors (Lipinski definition) is 6. The van der Waals surface area contributed by atoms with Crippen molar-refractivity contribution in [1.82, 2.24) is 10.6 Å². The van der Waals surface area contributed by atoms with Crippen LogP contribution >= 0.6 is 0 Å². The van der Waals surface area contributed by atoms with Crippen molar-refractivity contribution in [3.05, 3.63) is 77.9 Å². The minimum absolute atomic E-state index is 0.0104. The second-order valence-electron chi connectivity index (χ2n) is 10.6. The predicted octanol–water partition coefficient (Wildman–Crippen LogP) is 4.11. The summed E-state index contributed by atoms with van der Waals surface area (Å²) >= 11 is 0. The first kappa shape index (κ1) is 30.9. The zero-order valence-corrected chi connectivity index (χ0v) is 23.5. The van der Waals surface area contributed by atoms with Crippen molar-refractivity contribution in [2.75, 3.05) is 13.2 Å². The van der Waals surface area contributed by atoms with Crippen LogP contribution < -0.4 is 15.4 Å². The van der Waals surface area contributed by atoms with Crippen molar-refractivity contribution in [2.45, 2.75) is 71.1 Å². The molecule has 2 amide bonds. The molecule has 3 atom stereocenters. The number of cyclic esters (lactones) is 1. The highest BCUT2D eigenvalue weighted by atomic mass is 16.5. The Kier molecular flexibility index (Phi) is 12.7. The second kappa shape index (κ2) is 16.5. The Balaban J connectivity index is 1.55. The molecule has 2 aromatic rings. The number of esters is 1. The fourth-order valence-electron chi connectivity index (χ4n) is 4.40. The molecule has 2 aromatic carbocycles. The zero-order chi connectivity index (χ0) is 28.7. The quantitative estimate of drug-likeness (QED) is 0.303. The van der Waals surface area contributed by atoms with Crippen molar-refractivity contribution in [3.63, 3.8) is 0 Å². The number of allylic oxidation sites excluding steroid dienone is 2. The summed E-state index contributed by atoms with van der Waals surface area (Å²) in [5.41, 5.74) is 2.03. The maximum Gasteiger partial charge on any atom is 0.305 e. The van der Waals surface area contributed by atoms with E-state index < -0.39 is 12.0 Å². The number of nitrogens with one attached hydrogen (secondary N) is 2. The van der Waals surface area contributed by atoms with Gasteiger partial charge in [-0.3, -0.25) is 14.4 Å². The van der Waals surface area contributed by atoms with Crippen LogP contribution in [-0.4, -0.2) is 48.2 Å². The number of amides is 2. The van der Waals surface area contributed by atoms with E-state index in [0.717, 1.165) is 16.9 Å². The topological polar surface area (TPSA) is 114 Å². The van der Waals surface area contributed by atoms with E-state index in [4.69, 9.17) is 9.47 Å².